The van der Waals surface area contributed by atoms with Gasteiger partial charge in [0.15, 0.2) is 0 Å². The topological polar surface area (TPSA) is 162 Å². The Kier molecular flexibility index (Phi) is 19.0. The molecule has 1 aliphatic rings. The van der Waals surface area contributed by atoms with Crippen LogP contribution in [0.3, 0.4) is 0 Å². The van der Waals surface area contributed by atoms with Gasteiger partial charge >= 0.3 is 0 Å². The molecule has 8 heteroatoms. The molecular weight excluding hydrogens is 1180 g/mol. The highest BCUT2D eigenvalue weighted by molar-refractivity contribution is 5.62. The molecule has 0 saturated heterocycles. The number of phenolic OH excluding ortho intramolecular Hbond substituents is 8. The van der Waals surface area contributed by atoms with E-state index in [1.807, 2.05) is 91.0 Å². The molecule has 16 bridgehead atoms. The summed E-state index contributed by atoms with van der Waals surface area (Å²) in [5.41, 5.74) is 13.7. The number of fused-ring (bicyclic) bond motifs is 16. The fourth-order valence-corrected chi connectivity index (χ4v) is 13.8. The summed E-state index contributed by atoms with van der Waals surface area (Å²) < 4.78 is 0. The third kappa shape index (κ3) is 15.3. The third-order valence-electron chi connectivity index (χ3n) is 20.2. The Balaban J connectivity index is 1.35. The molecular formula is C88H112O8. The van der Waals surface area contributed by atoms with Gasteiger partial charge in [-0.3, -0.25) is 0 Å². The van der Waals surface area contributed by atoms with Gasteiger partial charge in [0.1, 0.15) is 46.0 Å². The number of phenols is 8. The highest BCUT2D eigenvalue weighted by Crippen LogP contribution is 2.52. The Hall–Kier alpha value is -7.84. The van der Waals surface area contributed by atoms with E-state index in [0.29, 0.717) is 89.0 Å². The first-order valence-corrected chi connectivity index (χ1v) is 34.7. The Morgan fingerprint density at radius 1 is 0.208 bits per heavy atom. The summed E-state index contributed by atoms with van der Waals surface area (Å²) in [6.07, 6.45) is 1.24. The number of hydrogen-bond acceptors (Lipinski definition) is 8. The summed E-state index contributed by atoms with van der Waals surface area (Å²) in [6.45, 7) is 51.4. The van der Waals surface area contributed by atoms with Crippen molar-refractivity contribution >= 4 is 0 Å². The summed E-state index contributed by atoms with van der Waals surface area (Å²) in [7, 11) is 0. The van der Waals surface area contributed by atoms with Gasteiger partial charge in [-0.05, 0) is 160 Å². The van der Waals surface area contributed by atoms with Crippen LogP contribution < -0.4 is 0 Å². The lowest BCUT2D eigenvalue weighted by molar-refractivity contribution is 0.336. The van der Waals surface area contributed by atoms with E-state index in [1.54, 1.807) is 0 Å². The van der Waals surface area contributed by atoms with Crippen molar-refractivity contribution < 1.29 is 40.9 Å². The second-order valence-corrected chi connectivity index (χ2v) is 36.6. The van der Waals surface area contributed by atoms with Crippen LogP contribution in [0.4, 0.5) is 0 Å². The van der Waals surface area contributed by atoms with Gasteiger partial charge in [0, 0.05) is 62.0 Å². The summed E-state index contributed by atoms with van der Waals surface area (Å²) in [5, 5.41) is 103. The SMILES string of the molecule is CC(C)(C)c1cc2c(O)c(c1)Cc1cc(C(C)(C)C)cc(c1O)Cc1cc(C(C)(C)C)cc(c1O)Cc1cccc(c1O)C(C(C)(C)C)c1cc(C(C)(C)C)cc(c1O)Cc1cc(C(C)(C)C)cc(c1O)Cc1cc(C(C)(C)C)cc(c1O)Cc1cc(C(C)(C)C)cc(c1O)C2. The van der Waals surface area contributed by atoms with E-state index in [4.69, 9.17) is 0 Å². The van der Waals surface area contributed by atoms with Gasteiger partial charge in [-0.2, -0.15) is 0 Å². The molecule has 1 atom stereocenters. The maximum absolute atomic E-state index is 13.1. The maximum atomic E-state index is 13.1. The lowest BCUT2D eigenvalue weighted by Gasteiger charge is -2.35. The number of aromatic hydroxyl groups is 8. The molecule has 0 fully saturated rings. The number of para-hydroxylation sites is 1. The minimum atomic E-state index is -0.570. The quantitative estimate of drug-likeness (QED) is 0.0744. The van der Waals surface area contributed by atoms with Crippen molar-refractivity contribution in [2.75, 3.05) is 0 Å². The summed E-state index contributed by atoms with van der Waals surface area (Å²) in [4.78, 5) is 0. The molecule has 0 aromatic heterocycles. The van der Waals surface area contributed by atoms with Crippen LogP contribution in [0.25, 0.3) is 0 Å². The minimum Gasteiger partial charge on any atom is -0.507 e. The minimum absolute atomic E-state index is 0.0661. The zero-order valence-electron chi connectivity index (χ0n) is 62.4. The first-order chi connectivity index (χ1) is 43.9. The van der Waals surface area contributed by atoms with Gasteiger partial charge in [0.2, 0.25) is 0 Å². The van der Waals surface area contributed by atoms with Crippen LogP contribution in [0.2, 0.25) is 0 Å². The molecule has 9 rings (SSSR count). The number of benzene rings is 8. The van der Waals surface area contributed by atoms with E-state index >= 15 is 0 Å². The second-order valence-electron chi connectivity index (χ2n) is 36.6. The van der Waals surface area contributed by atoms with E-state index in [9.17, 15) is 40.9 Å². The van der Waals surface area contributed by atoms with Crippen molar-refractivity contribution in [3.05, 3.63) is 231 Å². The van der Waals surface area contributed by atoms with Crippen molar-refractivity contribution in [1.29, 1.82) is 0 Å². The van der Waals surface area contributed by atoms with Gasteiger partial charge < -0.3 is 40.9 Å². The fourth-order valence-electron chi connectivity index (χ4n) is 13.8. The van der Waals surface area contributed by atoms with Crippen molar-refractivity contribution in [3.63, 3.8) is 0 Å². The molecule has 1 aliphatic carbocycles. The van der Waals surface area contributed by atoms with Crippen LogP contribution in [0.15, 0.2) is 103 Å². The Bertz CT molecular complexity index is 4300. The predicted octanol–water partition coefficient (Wildman–Crippen LogP) is 21.0. The van der Waals surface area contributed by atoms with Gasteiger partial charge in [-0.15, -0.1) is 0 Å². The van der Waals surface area contributed by atoms with Crippen molar-refractivity contribution in [2.24, 2.45) is 5.41 Å². The van der Waals surface area contributed by atoms with Gasteiger partial charge in [0.25, 0.3) is 0 Å². The second kappa shape index (κ2) is 25.2. The molecule has 0 saturated carbocycles. The third-order valence-corrected chi connectivity index (χ3v) is 20.2. The molecule has 0 radical (unpaired) electrons. The molecule has 0 amide bonds. The smallest absolute Gasteiger partial charge is 0.122 e. The Morgan fingerprint density at radius 2 is 0.375 bits per heavy atom. The Labute approximate surface area is 575 Å². The first kappa shape index (κ1) is 72.4. The first-order valence-electron chi connectivity index (χ1n) is 34.7. The molecule has 8 aromatic carbocycles. The molecule has 1 unspecified atom stereocenters. The van der Waals surface area contributed by atoms with Crippen LogP contribution in [0, 0.1) is 5.41 Å². The zero-order chi connectivity index (χ0) is 71.4. The largest absolute Gasteiger partial charge is 0.507 e. The highest BCUT2D eigenvalue weighted by atomic mass is 16.3. The lowest BCUT2D eigenvalue weighted by atomic mass is 9.70. The molecule has 8 nitrogen and oxygen atoms in total. The van der Waals surface area contributed by atoms with E-state index < -0.39 is 11.3 Å². The monoisotopic (exact) mass is 1300 g/mol. The molecule has 8 aromatic rings. The summed E-state index contributed by atoms with van der Waals surface area (Å²) in [5.74, 6) is 0.0112. The predicted molar refractivity (Wildman–Crippen MR) is 397 cm³/mol. The van der Waals surface area contributed by atoms with Crippen LogP contribution in [0.1, 0.15) is 300 Å². The normalized spacial score (nSPS) is 15.0. The molecule has 0 spiro atoms. The maximum Gasteiger partial charge on any atom is 0.122 e. The van der Waals surface area contributed by atoms with E-state index in [-0.39, 0.29) is 129 Å². The molecule has 8 N–H and O–H groups in total. The van der Waals surface area contributed by atoms with Crippen molar-refractivity contribution in [2.45, 2.75) is 255 Å². The van der Waals surface area contributed by atoms with Crippen LogP contribution in [0.5, 0.6) is 46.0 Å². The molecule has 96 heavy (non-hydrogen) atoms. The Morgan fingerprint density at radius 3 is 0.562 bits per heavy atom. The van der Waals surface area contributed by atoms with Crippen LogP contribution in [-0.2, 0) is 82.9 Å². The summed E-state index contributed by atoms with van der Waals surface area (Å²) >= 11 is 0. The average Bonchev–Trinajstić information content (AvgIpc) is 0.769. The average molecular weight is 1300 g/mol. The van der Waals surface area contributed by atoms with E-state index in [0.717, 1.165) is 38.9 Å². The standard InChI is InChI=1S/C88H112O8/c1-81(2,3)63-35-50-28-49-26-25-27-70(79(49)95)72(88(22,23)24)71-48-69(87(19,20)21)47-62(80(71)96)34-61-46-68(86(16,17)18)45-60(78(61)94)33-59-44-67(85(13,14)15)43-58(77(59)93)32-57-42-66(84(10,11)12)41-56(76(57)92)31-55-40-65(83(7,8)9)39-54(75(55)91)30-53-38-64(82(4,5)6)37-52(74(53)90)29-51(36-63)73(50)89/h25-27,35-48,72,89-96H,28-34H2,1-24H3. The molecule has 0 heterocycles. The van der Waals surface area contributed by atoms with Crippen molar-refractivity contribution in [1.82, 2.24) is 0 Å². The number of hydrogen-bond donors (Lipinski definition) is 8. The van der Waals surface area contributed by atoms with Gasteiger partial charge in [-0.1, -0.05) is 269 Å². The van der Waals surface area contributed by atoms with Crippen LogP contribution in [-0.4, -0.2) is 40.9 Å². The van der Waals surface area contributed by atoms with E-state index in [1.165, 1.54) is 0 Å². The van der Waals surface area contributed by atoms with Crippen LogP contribution >= 0.6 is 0 Å². The van der Waals surface area contributed by atoms with E-state index in [2.05, 4.69) is 178 Å². The summed E-state index contributed by atoms with van der Waals surface area (Å²) in [6, 6.07) is 34.4. The molecule has 0 aliphatic heterocycles. The number of rotatable bonds is 0. The highest BCUT2D eigenvalue weighted by Gasteiger charge is 2.36. The zero-order valence-corrected chi connectivity index (χ0v) is 62.4. The van der Waals surface area contributed by atoms with Gasteiger partial charge in [-0.25, -0.2) is 0 Å². The fraction of sp³-hybridized carbons (Fsp3) is 0.455. The van der Waals surface area contributed by atoms with Gasteiger partial charge in [0.05, 0.1) is 0 Å². The molecule has 512 valence electrons. The van der Waals surface area contributed by atoms with Crippen molar-refractivity contribution in [3.8, 4) is 46.0 Å². The lowest BCUT2D eigenvalue weighted by Crippen LogP contribution is -2.22.